The number of carbonyl (C=O) groups excluding carboxylic acids is 1. The smallest absolute Gasteiger partial charge is 0.307 e. The number of hydrogen-bond donors (Lipinski definition) is 0. The third-order valence-electron chi connectivity index (χ3n) is 3.36. The van der Waals surface area contributed by atoms with Crippen LogP contribution in [0, 0.1) is 0 Å². The fraction of sp³-hybridized carbons (Fsp3) is 0.615. The highest BCUT2D eigenvalue weighted by Crippen LogP contribution is 2.21. The van der Waals surface area contributed by atoms with Gasteiger partial charge in [-0.2, -0.15) is 0 Å². The molecule has 1 aliphatic rings. The van der Waals surface area contributed by atoms with Crippen molar-refractivity contribution in [2.75, 3.05) is 13.7 Å². The van der Waals surface area contributed by atoms with Crippen molar-refractivity contribution in [2.45, 2.75) is 38.3 Å². The number of rotatable bonds is 4. The Kier molecular flexibility index (Phi) is 4.64. The second-order valence-electron chi connectivity index (χ2n) is 4.60. The first kappa shape index (κ1) is 13.0. The quantitative estimate of drug-likeness (QED) is 0.755. The molecule has 0 spiro atoms. The maximum absolute atomic E-state index is 11.4. The van der Waals surface area contributed by atoms with Crippen molar-refractivity contribution in [3.8, 4) is 0 Å². The van der Waals surface area contributed by atoms with Gasteiger partial charge in [0, 0.05) is 31.2 Å². The van der Waals surface area contributed by atoms with Crippen LogP contribution in [0.5, 0.6) is 0 Å². The van der Waals surface area contributed by atoms with E-state index in [2.05, 4.69) is 14.9 Å². The fourth-order valence-corrected chi connectivity index (χ4v) is 2.39. The molecule has 1 fully saturated rings. The molecule has 1 unspecified atom stereocenters. The maximum Gasteiger partial charge on any atom is 0.307 e. The van der Waals surface area contributed by atoms with Gasteiger partial charge in [-0.25, -0.2) is 0 Å². The molecular formula is C13H19N3O2. The lowest BCUT2D eigenvalue weighted by atomic mass is 9.99. The molecule has 0 aromatic carbocycles. The molecule has 5 nitrogen and oxygen atoms in total. The van der Waals surface area contributed by atoms with Gasteiger partial charge in [0.25, 0.3) is 0 Å². The minimum Gasteiger partial charge on any atom is -0.469 e. The molecule has 0 amide bonds. The number of ether oxygens (including phenoxy) is 1. The SMILES string of the molecule is COC(=O)CC1CCCCN1Cc1cnccn1. The number of piperidine rings is 1. The molecule has 1 atom stereocenters. The van der Waals surface area contributed by atoms with Gasteiger partial charge < -0.3 is 4.74 Å². The molecule has 2 rings (SSSR count). The van der Waals surface area contributed by atoms with E-state index in [0.29, 0.717) is 6.42 Å². The number of nitrogens with zero attached hydrogens (tertiary/aromatic N) is 3. The van der Waals surface area contributed by atoms with Crippen molar-refractivity contribution in [3.63, 3.8) is 0 Å². The molecule has 1 aliphatic heterocycles. The Hall–Kier alpha value is -1.49. The Bertz CT molecular complexity index is 383. The zero-order valence-corrected chi connectivity index (χ0v) is 10.7. The van der Waals surface area contributed by atoms with E-state index in [9.17, 15) is 4.79 Å². The zero-order chi connectivity index (χ0) is 12.8. The first-order valence-corrected chi connectivity index (χ1v) is 6.35. The number of likely N-dealkylation sites (tertiary alicyclic amines) is 1. The predicted molar refractivity (Wildman–Crippen MR) is 66.7 cm³/mol. The van der Waals surface area contributed by atoms with Gasteiger partial charge in [-0.05, 0) is 19.4 Å². The third-order valence-corrected chi connectivity index (χ3v) is 3.36. The zero-order valence-electron chi connectivity index (χ0n) is 10.7. The van der Waals surface area contributed by atoms with E-state index in [4.69, 9.17) is 4.74 Å². The lowest BCUT2D eigenvalue weighted by Crippen LogP contribution is -2.40. The highest BCUT2D eigenvalue weighted by Gasteiger charge is 2.25. The maximum atomic E-state index is 11.4. The van der Waals surface area contributed by atoms with Crippen LogP contribution in [-0.2, 0) is 16.1 Å². The molecule has 0 N–H and O–H groups in total. The lowest BCUT2D eigenvalue weighted by Gasteiger charge is -2.34. The molecule has 0 radical (unpaired) electrons. The molecule has 1 saturated heterocycles. The Morgan fingerprint density at radius 2 is 2.39 bits per heavy atom. The molecule has 2 heterocycles. The van der Waals surface area contributed by atoms with Gasteiger partial charge >= 0.3 is 5.97 Å². The minimum absolute atomic E-state index is 0.133. The van der Waals surface area contributed by atoms with Crippen LogP contribution >= 0.6 is 0 Å². The number of hydrogen-bond acceptors (Lipinski definition) is 5. The van der Waals surface area contributed by atoms with Gasteiger partial charge in [0.05, 0.1) is 19.2 Å². The Morgan fingerprint density at radius 3 is 3.11 bits per heavy atom. The summed E-state index contributed by atoms with van der Waals surface area (Å²) in [5.74, 6) is -0.133. The first-order chi connectivity index (χ1) is 8.79. The molecule has 98 valence electrons. The van der Waals surface area contributed by atoms with E-state index in [0.717, 1.165) is 25.2 Å². The molecular weight excluding hydrogens is 230 g/mol. The minimum atomic E-state index is -0.133. The third kappa shape index (κ3) is 3.50. The summed E-state index contributed by atoms with van der Waals surface area (Å²) in [5.41, 5.74) is 0.953. The van der Waals surface area contributed by atoms with Crippen molar-refractivity contribution in [2.24, 2.45) is 0 Å². The Morgan fingerprint density at radius 1 is 1.50 bits per heavy atom. The van der Waals surface area contributed by atoms with Crippen LogP contribution in [0.4, 0.5) is 0 Å². The van der Waals surface area contributed by atoms with Crippen LogP contribution in [0.3, 0.4) is 0 Å². The van der Waals surface area contributed by atoms with Gasteiger partial charge in [0.15, 0.2) is 0 Å². The van der Waals surface area contributed by atoms with Crippen molar-refractivity contribution in [1.29, 1.82) is 0 Å². The second kappa shape index (κ2) is 6.44. The van der Waals surface area contributed by atoms with Crippen LogP contribution in [0.15, 0.2) is 18.6 Å². The van der Waals surface area contributed by atoms with Crippen molar-refractivity contribution < 1.29 is 9.53 Å². The van der Waals surface area contributed by atoms with Gasteiger partial charge in [-0.3, -0.25) is 19.7 Å². The normalized spacial score (nSPS) is 20.6. The van der Waals surface area contributed by atoms with E-state index in [1.807, 2.05) is 0 Å². The lowest BCUT2D eigenvalue weighted by molar-refractivity contribution is -0.142. The van der Waals surface area contributed by atoms with Crippen LogP contribution in [0.1, 0.15) is 31.4 Å². The summed E-state index contributed by atoms with van der Waals surface area (Å²) in [6, 6.07) is 0.271. The number of carbonyl (C=O) groups is 1. The second-order valence-corrected chi connectivity index (χ2v) is 4.60. The molecule has 18 heavy (non-hydrogen) atoms. The van der Waals surface area contributed by atoms with E-state index < -0.39 is 0 Å². The monoisotopic (exact) mass is 249 g/mol. The van der Waals surface area contributed by atoms with Crippen LogP contribution < -0.4 is 0 Å². The predicted octanol–water partition coefficient (Wildman–Crippen LogP) is 1.39. The molecule has 0 bridgehead atoms. The summed E-state index contributed by atoms with van der Waals surface area (Å²) in [4.78, 5) is 22.1. The summed E-state index contributed by atoms with van der Waals surface area (Å²) in [6.07, 6.45) is 9.03. The molecule has 0 aliphatic carbocycles. The van der Waals surface area contributed by atoms with Gasteiger partial charge in [0.1, 0.15) is 0 Å². The highest BCUT2D eigenvalue weighted by atomic mass is 16.5. The Labute approximate surface area is 107 Å². The highest BCUT2D eigenvalue weighted by molar-refractivity contribution is 5.69. The standard InChI is InChI=1S/C13H19N3O2/c1-18-13(17)8-12-4-2-3-7-16(12)10-11-9-14-5-6-15-11/h5-6,9,12H,2-4,7-8,10H2,1H3. The number of methoxy groups -OCH3 is 1. The summed E-state index contributed by atoms with van der Waals surface area (Å²) in [5, 5.41) is 0. The van der Waals surface area contributed by atoms with Gasteiger partial charge in [-0.15, -0.1) is 0 Å². The fourth-order valence-electron chi connectivity index (χ4n) is 2.39. The number of esters is 1. The van der Waals surface area contributed by atoms with Gasteiger partial charge in [0.2, 0.25) is 0 Å². The summed E-state index contributed by atoms with van der Waals surface area (Å²) in [7, 11) is 1.44. The van der Waals surface area contributed by atoms with Crippen LogP contribution in [0.2, 0.25) is 0 Å². The van der Waals surface area contributed by atoms with Crippen molar-refractivity contribution in [3.05, 3.63) is 24.3 Å². The van der Waals surface area contributed by atoms with Gasteiger partial charge in [-0.1, -0.05) is 6.42 Å². The van der Waals surface area contributed by atoms with Crippen molar-refractivity contribution in [1.82, 2.24) is 14.9 Å². The van der Waals surface area contributed by atoms with E-state index in [-0.39, 0.29) is 12.0 Å². The summed E-state index contributed by atoms with van der Waals surface area (Å²) in [6.45, 7) is 1.77. The number of aromatic nitrogens is 2. The van der Waals surface area contributed by atoms with Crippen molar-refractivity contribution >= 4 is 5.97 Å². The molecule has 1 aromatic heterocycles. The van der Waals surface area contributed by atoms with E-state index >= 15 is 0 Å². The largest absolute Gasteiger partial charge is 0.469 e. The summed E-state index contributed by atoms with van der Waals surface area (Å²) < 4.78 is 4.76. The average molecular weight is 249 g/mol. The topological polar surface area (TPSA) is 55.3 Å². The first-order valence-electron chi connectivity index (χ1n) is 6.35. The van der Waals surface area contributed by atoms with E-state index in [1.54, 1.807) is 18.6 Å². The van der Waals surface area contributed by atoms with E-state index in [1.165, 1.54) is 20.0 Å². The molecule has 5 heteroatoms. The average Bonchev–Trinajstić information content (AvgIpc) is 2.42. The molecule has 1 aromatic rings. The van der Waals surface area contributed by atoms with Crippen LogP contribution in [-0.4, -0.2) is 40.5 Å². The molecule has 0 saturated carbocycles. The Balaban J connectivity index is 1.97. The van der Waals surface area contributed by atoms with Crippen LogP contribution in [0.25, 0.3) is 0 Å². The summed E-state index contributed by atoms with van der Waals surface area (Å²) >= 11 is 0.